The highest BCUT2D eigenvalue weighted by Gasteiger charge is 2.31. The second kappa shape index (κ2) is 9.65. The van der Waals surface area contributed by atoms with Gasteiger partial charge in [-0.15, -0.1) is 0 Å². The molecular weight excluding hydrogens is 376 g/mol. The summed E-state index contributed by atoms with van der Waals surface area (Å²) in [6.07, 6.45) is 2.33. The molecule has 0 aliphatic heterocycles. The number of hydrogen-bond acceptors (Lipinski definition) is 4. The lowest BCUT2D eigenvalue weighted by Crippen LogP contribution is -2.32. The molecule has 1 N–H and O–H groups in total. The van der Waals surface area contributed by atoms with Crippen molar-refractivity contribution in [3.05, 3.63) is 47.3 Å². The van der Waals surface area contributed by atoms with Crippen LogP contribution >= 0.6 is 0 Å². The number of amides is 1. The van der Waals surface area contributed by atoms with E-state index in [0.29, 0.717) is 24.8 Å². The molecule has 0 atom stereocenters. The molecule has 30 heavy (non-hydrogen) atoms. The number of nitrogens with zero attached hydrogens (tertiary/aromatic N) is 3. The summed E-state index contributed by atoms with van der Waals surface area (Å²) in [6.45, 7) is 14.5. The predicted molar refractivity (Wildman–Crippen MR) is 120 cm³/mol. The van der Waals surface area contributed by atoms with E-state index in [2.05, 4.69) is 44.8 Å². The van der Waals surface area contributed by atoms with Gasteiger partial charge in [0.25, 0.3) is 5.91 Å². The Morgan fingerprint density at radius 3 is 2.57 bits per heavy atom. The fraction of sp³-hybridized carbons (Fsp3) is 0.583. The molecule has 1 heterocycles. The molecule has 0 saturated heterocycles. The van der Waals surface area contributed by atoms with Gasteiger partial charge in [-0.3, -0.25) is 9.48 Å². The van der Waals surface area contributed by atoms with Crippen molar-refractivity contribution in [1.29, 1.82) is 0 Å². The van der Waals surface area contributed by atoms with Gasteiger partial charge < -0.3 is 15.0 Å². The van der Waals surface area contributed by atoms with Crippen LogP contribution in [-0.2, 0) is 12.1 Å². The minimum Gasteiger partial charge on any atom is -0.492 e. The Balaban J connectivity index is 1.65. The van der Waals surface area contributed by atoms with Gasteiger partial charge in [0.2, 0.25) is 0 Å². The average molecular weight is 413 g/mol. The summed E-state index contributed by atoms with van der Waals surface area (Å²) in [4.78, 5) is 15.3. The zero-order chi connectivity index (χ0) is 21.7. The van der Waals surface area contributed by atoms with Crippen LogP contribution in [0.1, 0.15) is 75.1 Å². The number of likely N-dealkylation sites (N-methyl/N-ethyl adjacent to an activating group) is 1. The second-order valence-corrected chi connectivity index (χ2v) is 8.98. The minimum absolute atomic E-state index is 0.0951. The van der Waals surface area contributed by atoms with Gasteiger partial charge in [0.15, 0.2) is 0 Å². The Morgan fingerprint density at radius 1 is 1.23 bits per heavy atom. The molecule has 1 saturated carbocycles. The first-order valence-corrected chi connectivity index (χ1v) is 11.1. The van der Waals surface area contributed by atoms with E-state index in [1.807, 2.05) is 35.0 Å². The first-order valence-electron chi connectivity index (χ1n) is 11.1. The van der Waals surface area contributed by atoms with Gasteiger partial charge in [-0.2, -0.15) is 5.10 Å². The molecule has 2 aromatic rings. The summed E-state index contributed by atoms with van der Waals surface area (Å²) in [5.41, 5.74) is 2.40. The molecule has 164 valence electrons. The van der Waals surface area contributed by atoms with Gasteiger partial charge in [-0.05, 0) is 58.8 Å². The van der Waals surface area contributed by atoms with Crippen molar-refractivity contribution in [3.8, 4) is 5.75 Å². The van der Waals surface area contributed by atoms with E-state index in [0.717, 1.165) is 36.6 Å². The Labute approximate surface area is 180 Å². The van der Waals surface area contributed by atoms with Crippen molar-refractivity contribution in [1.82, 2.24) is 20.0 Å². The third-order valence-corrected chi connectivity index (χ3v) is 5.56. The number of carbonyl (C=O) groups is 1. The summed E-state index contributed by atoms with van der Waals surface area (Å²) in [5, 5.41) is 7.81. The highest BCUT2D eigenvalue weighted by Crippen LogP contribution is 2.40. The zero-order valence-corrected chi connectivity index (χ0v) is 19.1. The molecule has 1 aromatic carbocycles. The van der Waals surface area contributed by atoms with Crippen LogP contribution in [0.2, 0.25) is 0 Å². The third kappa shape index (κ3) is 5.63. The lowest BCUT2D eigenvalue weighted by Gasteiger charge is -2.22. The van der Waals surface area contributed by atoms with E-state index in [-0.39, 0.29) is 11.4 Å². The van der Waals surface area contributed by atoms with Crippen LogP contribution in [0.15, 0.2) is 30.3 Å². The molecule has 3 rings (SSSR count). The summed E-state index contributed by atoms with van der Waals surface area (Å²) >= 11 is 0. The average Bonchev–Trinajstić information content (AvgIpc) is 3.47. The molecular formula is C24H36N4O2. The standard InChI is InChI=1S/C24H36N4O2/c1-6-27(7-2)14-15-30-22-11-9-8-10-19(22)17-25-23(29)21-16-20(18-12-13-18)26-28(21)24(3,4)5/h8-11,16,18H,6-7,12-15,17H2,1-5H3,(H,25,29). The highest BCUT2D eigenvalue weighted by atomic mass is 16.5. The Kier molecular flexibility index (Phi) is 7.19. The molecule has 6 heteroatoms. The summed E-state index contributed by atoms with van der Waals surface area (Å²) in [5.74, 6) is 1.25. The number of para-hydroxylation sites is 1. The molecule has 1 aliphatic rings. The molecule has 0 unspecified atom stereocenters. The topological polar surface area (TPSA) is 59.4 Å². The number of hydrogen-bond donors (Lipinski definition) is 1. The van der Waals surface area contributed by atoms with Crippen molar-refractivity contribution >= 4 is 5.91 Å². The smallest absolute Gasteiger partial charge is 0.269 e. The van der Waals surface area contributed by atoms with Crippen LogP contribution in [-0.4, -0.2) is 46.8 Å². The van der Waals surface area contributed by atoms with Gasteiger partial charge in [0.1, 0.15) is 18.1 Å². The van der Waals surface area contributed by atoms with Crippen LogP contribution in [0.4, 0.5) is 0 Å². The maximum absolute atomic E-state index is 13.0. The molecule has 6 nitrogen and oxygen atoms in total. The van der Waals surface area contributed by atoms with Crippen LogP contribution in [0.25, 0.3) is 0 Å². The first kappa shape index (κ1) is 22.3. The number of carbonyl (C=O) groups excluding carboxylic acids is 1. The van der Waals surface area contributed by atoms with Crippen molar-refractivity contribution in [2.45, 2.75) is 65.5 Å². The Morgan fingerprint density at radius 2 is 1.93 bits per heavy atom. The zero-order valence-electron chi connectivity index (χ0n) is 19.1. The van der Waals surface area contributed by atoms with Gasteiger partial charge in [0.05, 0.1) is 11.2 Å². The molecule has 0 spiro atoms. The number of nitrogens with one attached hydrogen (secondary N) is 1. The quantitative estimate of drug-likeness (QED) is 0.636. The number of ether oxygens (including phenoxy) is 1. The van der Waals surface area contributed by atoms with E-state index in [9.17, 15) is 4.79 Å². The van der Waals surface area contributed by atoms with E-state index in [4.69, 9.17) is 9.84 Å². The molecule has 1 fully saturated rings. The van der Waals surface area contributed by atoms with Crippen LogP contribution in [0.5, 0.6) is 5.75 Å². The van der Waals surface area contributed by atoms with Crippen LogP contribution in [0, 0.1) is 0 Å². The molecule has 0 bridgehead atoms. The monoisotopic (exact) mass is 412 g/mol. The second-order valence-electron chi connectivity index (χ2n) is 8.98. The number of aromatic nitrogens is 2. The number of benzene rings is 1. The molecule has 0 radical (unpaired) electrons. The van der Waals surface area contributed by atoms with Crippen LogP contribution in [0.3, 0.4) is 0 Å². The fourth-order valence-electron chi connectivity index (χ4n) is 3.53. The summed E-state index contributed by atoms with van der Waals surface area (Å²) in [7, 11) is 0. The van der Waals surface area contributed by atoms with E-state index < -0.39 is 0 Å². The Hall–Kier alpha value is -2.34. The van der Waals surface area contributed by atoms with Gasteiger partial charge in [0, 0.05) is 24.6 Å². The summed E-state index contributed by atoms with van der Waals surface area (Å²) < 4.78 is 7.88. The largest absolute Gasteiger partial charge is 0.492 e. The fourth-order valence-corrected chi connectivity index (χ4v) is 3.53. The summed E-state index contributed by atoms with van der Waals surface area (Å²) in [6, 6.07) is 9.88. The third-order valence-electron chi connectivity index (χ3n) is 5.56. The predicted octanol–water partition coefficient (Wildman–Crippen LogP) is 4.17. The number of rotatable bonds is 10. The van der Waals surface area contributed by atoms with Crippen molar-refractivity contribution in [2.75, 3.05) is 26.2 Å². The van der Waals surface area contributed by atoms with Crippen molar-refractivity contribution < 1.29 is 9.53 Å². The SMILES string of the molecule is CCN(CC)CCOc1ccccc1CNC(=O)c1cc(C2CC2)nn1C(C)(C)C. The van der Waals surface area contributed by atoms with E-state index in [1.54, 1.807) is 0 Å². The maximum Gasteiger partial charge on any atom is 0.269 e. The highest BCUT2D eigenvalue weighted by molar-refractivity contribution is 5.92. The Bertz CT molecular complexity index is 845. The van der Waals surface area contributed by atoms with Crippen LogP contribution < -0.4 is 10.1 Å². The van der Waals surface area contributed by atoms with Gasteiger partial charge >= 0.3 is 0 Å². The normalized spacial score (nSPS) is 14.2. The minimum atomic E-state index is -0.245. The van der Waals surface area contributed by atoms with E-state index >= 15 is 0 Å². The van der Waals surface area contributed by atoms with Gasteiger partial charge in [-0.1, -0.05) is 32.0 Å². The maximum atomic E-state index is 13.0. The molecule has 1 aromatic heterocycles. The van der Waals surface area contributed by atoms with E-state index in [1.165, 1.54) is 12.8 Å². The molecule has 1 amide bonds. The molecule has 1 aliphatic carbocycles. The van der Waals surface area contributed by atoms with Crippen molar-refractivity contribution in [3.63, 3.8) is 0 Å². The first-order chi connectivity index (χ1) is 14.3. The van der Waals surface area contributed by atoms with Crippen molar-refractivity contribution in [2.24, 2.45) is 0 Å². The lowest BCUT2D eigenvalue weighted by atomic mass is 10.1. The lowest BCUT2D eigenvalue weighted by molar-refractivity contribution is 0.0932. The van der Waals surface area contributed by atoms with Gasteiger partial charge in [-0.25, -0.2) is 0 Å².